The molecule has 0 fully saturated rings. The molecule has 0 aliphatic heterocycles. The molecule has 1 unspecified atom stereocenters. The normalized spacial score (nSPS) is 13.1. The van der Waals surface area contributed by atoms with Gasteiger partial charge in [0.15, 0.2) is 0 Å². The SMILES string of the molecule is Cc1ncccc1Oc1cc(Sc2ccccn2)cnc1/N=c1/[nH]c(C(O)C(C)(C)O)bs1. The molecule has 8 nitrogen and oxygen atoms in total. The second-order valence-corrected chi connectivity index (χ2v) is 9.69. The summed E-state index contributed by atoms with van der Waals surface area (Å²) >= 11 is 2.76. The molecule has 1 atom stereocenters. The molecule has 4 heterocycles. The van der Waals surface area contributed by atoms with Crippen LogP contribution in [-0.4, -0.2) is 41.9 Å². The molecule has 0 saturated carbocycles. The average Bonchev–Trinajstić information content (AvgIpc) is 3.25. The van der Waals surface area contributed by atoms with Crippen molar-refractivity contribution in [2.75, 3.05) is 0 Å². The van der Waals surface area contributed by atoms with E-state index in [4.69, 9.17) is 4.74 Å². The van der Waals surface area contributed by atoms with Crippen LogP contribution in [0.15, 0.2) is 69.9 Å². The Bertz CT molecular complexity index is 1310. The number of nitrogens with zero attached hydrogens (tertiary/aromatic N) is 4. The number of aliphatic hydroxyl groups excluding tert-OH is 1. The van der Waals surface area contributed by atoms with Crippen molar-refractivity contribution in [3.8, 4) is 11.5 Å². The molecule has 0 radical (unpaired) electrons. The molecule has 4 rings (SSSR count). The predicted octanol–water partition coefficient (Wildman–Crippen LogP) is 3.89. The van der Waals surface area contributed by atoms with E-state index in [2.05, 4.69) is 24.9 Å². The van der Waals surface area contributed by atoms with Gasteiger partial charge in [-0.25, -0.2) is 0 Å². The van der Waals surface area contributed by atoms with Gasteiger partial charge in [0, 0.05) is 0 Å². The Morgan fingerprint density at radius 1 is 1.15 bits per heavy atom. The fraction of sp³-hybridized carbons (Fsp3) is 0.227. The predicted molar refractivity (Wildman–Crippen MR) is 128 cm³/mol. The Balaban J connectivity index is 1.71. The number of aromatic nitrogens is 4. The van der Waals surface area contributed by atoms with Gasteiger partial charge in [0.2, 0.25) is 0 Å². The summed E-state index contributed by atoms with van der Waals surface area (Å²) < 4.78 is 6.15. The Kier molecular flexibility index (Phi) is 7.03. The first kappa shape index (κ1) is 23.3. The van der Waals surface area contributed by atoms with E-state index in [1.807, 2.05) is 37.3 Å². The third-order valence-corrected chi connectivity index (χ3v) is 6.26. The molecule has 0 aliphatic carbocycles. The van der Waals surface area contributed by atoms with Crippen molar-refractivity contribution in [2.24, 2.45) is 4.99 Å². The van der Waals surface area contributed by atoms with Crippen molar-refractivity contribution < 1.29 is 14.9 Å². The second kappa shape index (κ2) is 9.96. The number of aliphatic hydroxyl groups is 2. The molecule has 0 saturated heterocycles. The summed E-state index contributed by atoms with van der Waals surface area (Å²) in [5, 5.41) is 21.2. The van der Waals surface area contributed by atoms with Crippen LogP contribution in [0.1, 0.15) is 31.2 Å². The fourth-order valence-electron chi connectivity index (χ4n) is 2.82. The molecule has 33 heavy (non-hydrogen) atoms. The van der Waals surface area contributed by atoms with Gasteiger partial charge in [-0.3, -0.25) is 0 Å². The number of H-pyrrole nitrogens is 1. The first-order valence-corrected chi connectivity index (χ1v) is 11.8. The van der Waals surface area contributed by atoms with E-state index in [1.54, 1.807) is 44.7 Å². The van der Waals surface area contributed by atoms with Crippen molar-refractivity contribution in [3.05, 3.63) is 71.1 Å². The zero-order valence-electron chi connectivity index (χ0n) is 18.3. The van der Waals surface area contributed by atoms with Gasteiger partial charge in [0.1, 0.15) is 0 Å². The summed E-state index contributed by atoms with van der Waals surface area (Å²) in [6.45, 7) is 4.95. The van der Waals surface area contributed by atoms with E-state index in [9.17, 15) is 10.2 Å². The summed E-state index contributed by atoms with van der Waals surface area (Å²) in [6.07, 6.45) is 5.80. The maximum atomic E-state index is 10.3. The minimum absolute atomic E-state index is 0.367. The Labute approximate surface area is 199 Å². The number of nitrogens with one attached hydrogen (secondary N) is 1. The number of aromatic amines is 1. The topological polar surface area (TPSA) is 117 Å². The van der Waals surface area contributed by atoms with Gasteiger partial charge in [-0.1, -0.05) is 0 Å². The monoisotopic (exact) mass is 479 g/mol. The summed E-state index contributed by atoms with van der Waals surface area (Å²) in [4.78, 5) is 22.1. The zero-order valence-corrected chi connectivity index (χ0v) is 19.9. The van der Waals surface area contributed by atoms with Crippen LogP contribution in [0.4, 0.5) is 5.82 Å². The quantitative estimate of drug-likeness (QED) is 0.368. The van der Waals surface area contributed by atoms with Crippen LogP contribution in [-0.2, 0) is 0 Å². The van der Waals surface area contributed by atoms with Crippen LogP contribution in [0, 0.1) is 6.92 Å². The Morgan fingerprint density at radius 3 is 2.70 bits per heavy atom. The molecule has 0 spiro atoms. The minimum atomic E-state index is -1.29. The van der Waals surface area contributed by atoms with Gasteiger partial charge in [-0.05, 0) is 0 Å². The molecule has 3 N–H and O–H groups in total. The molecular weight excluding hydrogens is 457 g/mol. The van der Waals surface area contributed by atoms with Gasteiger partial charge in [0.05, 0.1) is 0 Å². The van der Waals surface area contributed by atoms with Crippen molar-refractivity contribution in [1.29, 1.82) is 0 Å². The number of hydrogen-bond donors (Lipinski definition) is 3. The van der Waals surface area contributed by atoms with Crippen LogP contribution < -0.4 is 9.54 Å². The third-order valence-electron chi connectivity index (χ3n) is 4.57. The van der Waals surface area contributed by atoms with E-state index in [1.165, 1.54) is 22.9 Å². The molecule has 4 aromatic rings. The van der Waals surface area contributed by atoms with Gasteiger partial charge < -0.3 is 0 Å². The zero-order chi connectivity index (χ0) is 23.4. The number of pyridine rings is 3. The van der Waals surface area contributed by atoms with Crippen molar-refractivity contribution in [3.63, 3.8) is 0 Å². The van der Waals surface area contributed by atoms with Crippen LogP contribution in [0.3, 0.4) is 0 Å². The van der Waals surface area contributed by atoms with E-state index >= 15 is 0 Å². The van der Waals surface area contributed by atoms with Crippen molar-refractivity contribution in [2.45, 2.75) is 42.4 Å². The number of hydrogen-bond acceptors (Lipinski definition) is 9. The van der Waals surface area contributed by atoms with E-state index in [0.29, 0.717) is 27.7 Å². The van der Waals surface area contributed by atoms with Crippen LogP contribution in [0.5, 0.6) is 11.5 Å². The van der Waals surface area contributed by atoms with Crippen LogP contribution in [0.25, 0.3) is 0 Å². The summed E-state index contributed by atoms with van der Waals surface area (Å²) in [5.41, 5.74) is -0.0764. The molecule has 0 aliphatic rings. The summed E-state index contributed by atoms with van der Waals surface area (Å²) in [5.74, 6) is 1.42. The molecule has 0 bridgehead atoms. The molecule has 11 heteroatoms. The summed E-state index contributed by atoms with van der Waals surface area (Å²) in [6, 6.07) is 11.2. The average molecular weight is 479 g/mol. The van der Waals surface area contributed by atoms with Crippen LogP contribution in [0.2, 0.25) is 0 Å². The fourth-order valence-corrected chi connectivity index (χ4v) is 4.34. The molecule has 0 aromatic carbocycles. The molecular formula is C22H22BN5O3S2. The number of rotatable bonds is 7. The number of ether oxygens (including phenoxy) is 1. The Hall–Kier alpha value is -2.86. The van der Waals surface area contributed by atoms with E-state index < -0.39 is 11.7 Å². The van der Waals surface area contributed by atoms with Gasteiger partial charge in [-0.2, -0.15) is 0 Å². The van der Waals surface area contributed by atoms with E-state index in [0.717, 1.165) is 15.6 Å². The Morgan fingerprint density at radius 2 is 1.97 bits per heavy atom. The standard InChI is InChI=1S/C22H22BN5O3S2/c1-13-15(7-6-10-24-13)31-16-11-14(32-17-8-4-5-9-25-17)12-26-20(16)28-21-27-19(23-33-21)18(29)22(2,3)30/h4-12,18,29-30H,1-3H3,(H,26,27,28). The first-order valence-electron chi connectivity index (χ1n) is 10.1. The van der Waals surface area contributed by atoms with Crippen LogP contribution >= 0.6 is 22.9 Å². The number of aryl methyl sites for hydroxylation is 1. The second-order valence-electron chi connectivity index (χ2n) is 7.74. The third kappa shape index (κ3) is 5.94. The first-order chi connectivity index (χ1) is 15.8. The molecule has 0 amide bonds. The molecule has 4 aromatic heterocycles. The van der Waals surface area contributed by atoms with Gasteiger partial charge in [0.25, 0.3) is 0 Å². The summed E-state index contributed by atoms with van der Waals surface area (Å²) in [7, 11) is 0. The molecule has 168 valence electrons. The van der Waals surface area contributed by atoms with Gasteiger partial charge >= 0.3 is 200 Å². The van der Waals surface area contributed by atoms with E-state index in [-0.39, 0.29) is 0 Å². The van der Waals surface area contributed by atoms with Gasteiger partial charge in [-0.15, -0.1) is 0 Å². The maximum absolute atomic E-state index is 10.3. The van der Waals surface area contributed by atoms with Crippen molar-refractivity contribution in [1.82, 2.24) is 19.9 Å². The van der Waals surface area contributed by atoms with Crippen molar-refractivity contribution >= 4 is 34.9 Å².